The van der Waals surface area contributed by atoms with E-state index in [1.165, 1.54) is 16.7 Å². The van der Waals surface area contributed by atoms with Crippen LogP contribution in [0.2, 0.25) is 0 Å². The Bertz CT molecular complexity index is 404. The molecule has 0 spiro atoms. The predicted octanol–water partition coefficient (Wildman–Crippen LogP) is 4.99. The molecule has 1 aromatic rings. The normalized spacial score (nSPS) is 13.1. The Kier molecular flexibility index (Phi) is 5.81. The largest absolute Gasteiger partial charge is 0.308 e. The maximum atomic E-state index is 3.55. The summed E-state index contributed by atoms with van der Waals surface area (Å²) in [5, 5.41) is 3.55. The van der Waals surface area contributed by atoms with E-state index in [9.17, 15) is 0 Å². The molecule has 1 nitrogen and oxygen atoms in total. The molecule has 0 bridgehead atoms. The number of hydrogen-bond donors (Lipinski definition) is 1. The van der Waals surface area contributed by atoms with Crippen molar-refractivity contribution in [2.75, 3.05) is 6.54 Å². The fourth-order valence-corrected chi connectivity index (χ4v) is 1.87. The lowest BCUT2D eigenvalue weighted by atomic mass is 10.0. The molecule has 19 heavy (non-hydrogen) atoms. The minimum Gasteiger partial charge on any atom is -0.308 e. The number of benzene rings is 1. The Morgan fingerprint density at radius 2 is 1.74 bits per heavy atom. The highest BCUT2D eigenvalue weighted by atomic mass is 14.9. The van der Waals surface area contributed by atoms with Gasteiger partial charge in [0.25, 0.3) is 0 Å². The van der Waals surface area contributed by atoms with E-state index in [-0.39, 0.29) is 5.54 Å². The van der Waals surface area contributed by atoms with Crippen LogP contribution in [0.1, 0.15) is 65.0 Å². The van der Waals surface area contributed by atoms with Gasteiger partial charge in [0.2, 0.25) is 0 Å². The van der Waals surface area contributed by atoms with Crippen molar-refractivity contribution < 1.29 is 0 Å². The molecule has 0 radical (unpaired) electrons. The van der Waals surface area contributed by atoms with Crippen LogP contribution in [0.25, 0.3) is 6.08 Å². The Hall–Kier alpha value is -1.08. The van der Waals surface area contributed by atoms with E-state index in [2.05, 4.69) is 77.2 Å². The molecular formula is C18H29N. The molecule has 1 heteroatoms. The summed E-state index contributed by atoms with van der Waals surface area (Å²) in [6.45, 7) is 14.3. The first-order valence-corrected chi connectivity index (χ1v) is 7.36. The monoisotopic (exact) mass is 259 g/mol. The van der Waals surface area contributed by atoms with Gasteiger partial charge in [0, 0.05) is 12.1 Å². The molecule has 106 valence electrons. The summed E-state index contributed by atoms with van der Waals surface area (Å²) in [7, 11) is 0. The van der Waals surface area contributed by atoms with Crippen molar-refractivity contribution in [1.29, 1.82) is 0 Å². The van der Waals surface area contributed by atoms with E-state index in [0.717, 1.165) is 13.0 Å². The van der Waals surface area contributed by atoms with Gasteiger partial charge in [-0.3, -0.25) is 0 Å². The summed E-state index contributed by atoms with van der Waals surface area (Å²) < 4.78 is 0. The lowest BCUT2D eigenvalue weighted by molar-refractivity contribution is 0.443. The third-order valence-electron chi connectivity index (χ3n) is 3.27. The van der Waals surface area contributed by atoms with Crippen LogP contribution in [0.4, 0.5) is 0 Å². The van der Waals surface area contributed by atoms with Gasteiger partial charge >= 0.3 is 0 Å². The van der Waals surface area contributed by atoms with Gasteiger partial charge in [-0.05, 0) is 44.2 Å². The molecule has 0 unspecified atom stereocenters. The van der Waals surface area contributed by atoms with Gasteiger partial charge < -0.3 is 5.32 Å². The Labute approximate surface area is 119 Å². The van der Waals surface area contributed by atoms with Gasteiger partial charge in [-0.25, -0.2) is 0 Å². The molecule has 0 heterocycles. The molecule has 0 aliphatic heterocycles. The van der Waals surface area contributed by atoms with Crippen molar-refractivity contribution in [1.82, 2.24) is 5.32 Å². The molecule has 0 saturated carbocycles. The summed E-state index contributed by atoms with van der Waals surface area (Å²) in [6.07, 6.45) is 3.40. The summed E-state index contributed by atoms with van der Waals surface area (Å²) >= 11 is 0. The van der Waals surface area contributed by atoms with Crippen LogP contribution in [0.5, 0.6) is 0 Å². The van der Waals surface area contributed by atoms with Crippen LogP contribution in [0.3, 0.4) is 0 Å². The highest BCUT2D eigenvalue weighted by Crippen LogP contribution is 2.17. The number of rotatable bonds is 5. The number of hydrogen-bond acceptors (Lipinski definition) is 1. The smallest absolute Gasteiger partial charge is 0.0172 e. The van der Waals surface area contributed by atoms with E-state index >= 15 is 0 Å². The van der Waals surface area contributed by atoms with Crippen LogP contribution < -0.4 is 5.32 Å². The lowest BCUT2D eigenvalue weighted by Gasteiger charge is -2.21. The van der Waals surface area contributed by atoms with Crippen molar-refractivity contribution >= 4 is 6.08 Å². The van der Waals surface area contributed by atoms with Crippen molar-refractivity contribution in [3.05, 3.63) is 41.0 Å². The van der Waals surface area contributed by atoms with E-state index < -0.39 is 0 Å². The molecule has 1 aromatic carbocycles. The molecule has 0 saturated heterocycles. The molecule has 1 N–H and O–H groups in total. The second-order valence-electron chi connectivity index (χ2n) is 6.58. The summed E-state index contributed by atoms with van der Waals surface area (Å²) in [4.78, 5) is 0. The molecule has 1 rings (SSSR count). The van der Waals surface area contributed by atoms with Crippen molar-refractivity contribution in [3.8, 4) is 0 Å². The minimum atomic E-state index is 0.176. The van der Waals surface area contributed by atoms with Crippen molar-refractivity contribution in [3.63, 3.8) is 0 Å². The van der Waals surface area contributed by atoms with Gasteiger partial charge in [0.15, 0.2) is 0 Å². The van der Waals surface area contributed by atoms with E-state index in [0.29, 0.717) is 5.92 Å². The molecule has 0 aliphatic carbocycles. The standard InChI is InChI=1S/C18H29N/c1-7-15(13-19-18(4,5)6)12-16-8-10-17(11-9-16)14(2)3/h8-12,14,19H,7,13H2,1-6H3. The van der Waals surface area contributed by atoms with Gasteiger partial charge in [0.05, 0.1) is 0 Å². The van der Waals surface area contributed by atoms with E-state index in [1.807, 2.05) is 0 Å². The highest BCUT2D eigenvalue weighted by molar-refractivity contribution is 5.53. The maximum Gasteiger partial charge on any atom is 0.0172 e. The highest BCUT2D eigenvalue weighted by Gasteiger charge is 2.08. The average Bonchev–Trinajstić information content (AvgIpc) is 2.34. The molecule has 0 aliphatic rings. The van der Waals surface area contributed by atoms with Crippen LogP contribution in [0.15, 0.2) is 29.8 Å². The topological polar surface area (TPSA) is 12.0 Å². The Morgan fingerprint density at radius 1 is 1.16 bits per heavy atom. The van der Waals surface area contributed by atoms with Gasteiger partial charge in [0.1, 0.15) is 0 Å². The zero-order chi connectivity index (χ0) is 14.5. The van der Waals surface area contributed by atoms with Gasteiger partial charge in [-0.2, -0.15) is 0 Å². The molecule has 0 atom stereocenters. The first-order valence-electron chi connectivity index (χ1n) is 7.36. The Morgan fingerprint density at radius 3 is 2.16 bits per heavy atom. The van der Waals surface area contributed by atoms with E-state index in [4.69, 9.17) is 0 Å². The fraction of sp³-hybridized carbons (Fsp3) is 0.556. The van der Waals surface area contributed by atoms with Gasteiger partial charge in [-0.1, -0.05) is 56.7 Å². The molecule has 0 amide bonds. The maximum absolute atomic E-state index is 3.55. The third kappa shape index (κ3) is 6.07. The minimum absolute atomic E-state index is 0.176. The SMILES string of the molecule is CCC(=Cc1ccc(C(C)C)cc1)CNC(C)(C)C. The summed E-state index contributed by atoms with van der Waals surface area (Å²) in [5.41, 5.74) is 4.34. The lowest BCUT2D eigenvalue weighted by Crippen LogP contribution is -2.36. The van der Waals surface area contributed by atoms with Crippen LogP contribution >= 0.6 is 0 Å². The Balaban J connectivity index is 2.74. The van der Waals surface area contributed by atoms with Crippen LogP contribution in [-0.2, 0) is 0 Å². The quantitative estimate of drug-likeness (QED) is 0.785. The zero-order valence-electron chi connectivity index (χ0n) is 13.4. The molecular weight excluding hydrogens is 230 g/mol. The summed E-state index contributed by atoms with van der Waals surface area (Å²) in [5.74, 6) is 0.603. The number of nitrogens with one attached hydrogen (secondary N) is 1. The van der Waals surface area contributed by atoms with Gasteiger partial charge in [-0.15, -0.1) is 0 Å². The predicted molar refractivity (Wildman–Crippen MR) is 86.6 cm³/mol. The average molecular weight is 259 g/mol. The summed E-state index contributed by atoms with van der Waals surface area (Å²) in [6, 6.07) is 8.92. The first kappa shape index (κ1) is 16.0. The third-order valence-corrected chi connectivity index (χ3v) is 3.27. The molecule has 0 aromatic heterocycles. The fourth-order valence-electron chi connectivity index (χ4n) is 1.87. The molecule has 0 fully saturated rings. The zero-order valence-corrected chi connectivity index (χ0v) is 13.4. The van der Waals surface area contributed by atoms with E-state index in [1.54, 1.807) is 0 Å². The van der Waals surface area contributed by atoms with Crippen LogP contribution in [-0.4, -0.2) is 12.1 Å². The first-order chi connectivity index (χ1) is 8.81. The van der Waals surface area contributed by atoms with Crippen LogP contribution in [0, 0.1) is 0 Å². The second-order valence-corrected chi connectivity index (χ2v) is 6.58. The van der Waals surface area contributed by atoms with Crippen molar-refractivity contribution in [2.45, 2.75) is 59.4 Å². The second kappa shape index (κ2) is 6.91. The van der Waals surface area contributed by atoms with Crippen molar-refractivity contribution in [2.24, 2.45) is 0 Å².